The number of nitrogens with two attached hydrogens (primary N) is 1. The third-order valence-corrected chi connectivity index (χ3v) is 4.94. The van der Waals surface area contributed by atoms with Gasteiger partial charge in [-0.25, -0.2) is 0 Å². The van der Waals surface area contributed by atoms with Crippen molar-refractivity contribution < 1.29 is 4.79 Å². The van der Waals surface area contributed by atoms with Gasteiger partial charge in [0, 0.05) is 12.6 Å². The monoisotopic (exact) mass is 280 g/mol. The van der Waals surface area contributed by atoms with Gasteiger partial charge in [0.05, 0.1) is 10.4 Å². The van der Waals surface area contributed by atoms with Crippen LogP contribution in [0.4, 0.5) is 0 Å². The van der Waals surface area contributed by atoms with Gasteiger partial charge in [0.25, 0.3) is 0 Å². The van der Waals surface area contributed by atoms with Gasteiger partial charge in [-0.3, -0.25) is 4.79 Å². The van der Waals surface area contributed by atoms with E-state index in [1.54, 1.807) is 11.3 Å². The largest absolute Gasteiger partial charge is 0.392 e. The molecule has 0 radical (unpaired) electrons. The van der Waals surface area contributed by atoms with Gasteiger partial charge in [0.15, 0.2) is 0 Å². The average molecular weight is 280 g/mol. The lowest BCUT2D eigenvalue weighted by Gasteiger charge is -2.26. The highest BCUT2D eigenvalue weighted by Crippen LogP contribution is 2.49. The predicted octanol–water partition coefficient (Wildman–Crippen LogP) is 2.31. The number of rotatable bonds is 5. The van der Waals surface area contributed by atoms with E-state index in [9.17, 15) is 4.79 Å². The highest BCUT2D eigenvalue weighted by molar-refractivity contribution is 7.80. The summed E-state index contributed by atoms with van der Waals surface area (Å²) in [4.78, 5) is 15.0. The summed E-state index contributed by atoms with van der Waals surface area (Å²) in [6.07, 6.45) is 3.88. The highest BCUT2D eigenvalue weighted by atomic mass is 32.1. The number of nitrogens with zero attached hydrogens (tertiary/aromatic N) is 1. The minimum Gasteiger partial charge on any atom is -0.392 e. The number of amides is 1. The predicted molar refractivity (Wildman–Crippen MR) is 76.3 cm³/mol. The van der Waals surface area contributed by atoms with Crippen LogP contribution in [0.25, 0.3) is 0 Å². The Kier molecular flexibility index (Phi) is 2.90. The summed E-state index contributed by atoms with van der Waals surface area (Å²) in [5, 5.41) is 4.15. The molecular formula is C13H16N2OS2. The summed E-state index contributed by atoms with van der Waals surface area (Å²) in [5.41, 5.74) is 6.45. The fourth-order valence-electron chi connectivity index (χ4n) is 2.30. The van der Waals surface area contributed by atoms with Crippen LogP contribution in [-0.2, 0) is 11.3 Å². The number of hydrogen-bond acceptors (Lipinski definition) is 3. The molecule has 0 spiro atoms. The Morgan fingerprint density at radius 3 is 2.72 bits per heavy atom. The van der Waals surface area contributed by atoms with Crippen molar-refractivity contribution in [2.75, 3.05) is 0 Å². The number of hydrogen-bond donors (Lipinski definition) is 1. The second kappa shape index (κ2) is 4.31. The first-order valence-electron chi connectivity index (χ1n) is 6.25. The van der Waals surface area contributed by atoms with E-state index in [4.69, 9.17) is 18.0 Å². The molecule has 3 nitrogen and oxygen atoms in total. The molecule has 2 fully saturated rings. The van der Waals surface area contributed by atoms with Gasteiger partial charge in [-0.05, 0) is 48.1 Å². The second-order valence-electron chi connectivity index (χ2n) is 5.24. The molecule has 1 amide bonds. The molecule has 1 aromatic rings. The first kappa shape index (κ1) is 12.1. The molecule has 5 heteroatoms. The van der Waals surface area contributed by atoms with Crippen molar-refractivity contribution in [3.8, 4) is 0 Å². The van der Waals surface area contributed by atoms with Gasteiger partial charge in [-0.15, -0.1) is 0 Å². The molecule has 96 valence electrons. The van der Waals surface area contributed by atoms with Crippen molar-refractivity contribution in [1.82, 2.24) is 4.90 Å². The van der Waals surface area contributed by atoms with E-state index in [0.29, 0.717) is 17.6 Å². The summed E-state index contributed by atoms with van der Waals surface area (Å²) >= 11 is 6.74. The maximum Gasteiger partial charge on any atom is 0.236 e. The lowest BCUT2D eigenvalue weighted by Crippen LogP contribution is -2.43. The minimum absolute atomic E-state index is 0.156. The normalized spacial score (nSPS) is 20.4. The van der Waals surface area contributed by atoms with Crippen molar-refractivity contribution in [3.05, 3.63) is 22.4 Å². The molecule has 0 saturated heterocycles. The molecule has 18 heavy (non-hydrogen) atoms. The molecule has 0 atom stereocenters. The lowest BCUT2D eigenvalue weighted by atomic mass is 10.1. The molecule has 0 aromatic carbocycles. The van der Waals surface area contributed by atoms with Gasteiger partial charge >= 0.3 is 0 Å². The van der Waals surface area contributed by atoms with Crippen LogP contribution in [0.5, 0.6) is 0 Å². The molecule has 2 aliphatic carbocycles. The van der Waals surface area contributed by atoms with E-state index in [1.165, 1.54) is 5.56 Å². The van der Waals surface area contributed by atoms with E-state index in [-0.39, 0.29) is 5.91 Å². The zero-order valence-electron chi connectivity index (χ0n) is 10.1. The van der Waals surface area contributed by atoms with Crippen molar-refractivity contribution >= 4 is 34.5 Å². The fraction of sp³-hybridized carbons (Fsp3) is 0.538. The van der Waals surface area contributed by atoms with Crippen LogP contribution in [0.15, 0.2) is 16.8 Å². The summed E-state index contributed by atoms with van der Waals surface area (Å²) in [6, 6.07) is 2.48. The maximum absolute atomic E-state index is 12.6. The molecule has 0 aliphatic heterocycles. The van der Waals surface area contributed by atoms with E-state index >= 15 is 0 Å². The van der Waals surface area contributed by atoms with E-state index < -0.39 is 5.41 Å². The summed E-state index contributed by atoms with van der Waals surface area (Å²) in [6.45, 7) is 0.706. The van der Waals surface area contributed by atoms with Crippen LogP contribution in [-0.4, -0.2) is 21.8 Å². The number of thiophene rings is 1. The van der Waals surface area contributed by atoms with Crippen molar-refractivity contribution in [1.29, 1.82) is 0 Å². The van der Waals surface area contributed by atoms with Crippen LogP contribution in [0, 0.1) is 5.41 Å². The van der Waals surface area contributed by atoms with Crippen LogP contribution >= 0.6 is 23.6 Å². The molecular weight excluding hydrogens is 264 g/mol. The first-order chi connectivity index (χ1) is 8.63. The topological polar surface area (TPSA) is 46.3 Å². The smallest absolute Gasteiger partial charge is 0.236 e. The van der Waals surface area contributed by atoms with Crippen molar-refractivity contribution in [3.63, 3.8) is 0 Å². The first-order valence-corrected chi connectivity index (χ1v) is 7.61. The molecule has 1 aromatic heterocycles. The Hall–Kier alpha value is -0.940. The summed E-state index contributed by atoms with van der Waals surface area (Å²) in [5.74, 6) is 0.156. The number of thiocarbonyl (C=S) groups is 1. The minimum atomic E-state index is -0.506. The Labute approximate surface area is 116 Å². The van der Waals surface area contributed by atoms with E-state index in [0.717, 1.165) is 25.7 Å². The molecule has 2 saturated carbocycles. The second-order valence-corrected chi connectivity index (χ2v) is 6.46. The Bertz CT molecular complexity index is 475. The van der Waals surface area contributed by atoms with Crippen LogP contribution in [0.2, 0.25) is 0 Å². The molecule has 0 bridgehead atoms. The summed E-state index contributed by atoms with van der Waals surface area (Å²) < 4.78 is 0. The van der Waals surface area contributed by atoms with Gasteiger partial charge in [-0.1, -0.05) is 12.2 Å². The van der Waals surface area contributed by atoms with Crippen LogP contribution in [0.3, 0.4) is 0 Å². The van der Waals surface area contributed by atoms with E-state index in [1.807, 2.05) is 10.3 Å². The SMILES string of the molecule is NC(=S)C1(C(=O)N(Cc2ccsc2)C2CC2)CC1. The van der Waals surface area contributed by atoms with Crippen molar-refractivity contribution in [2.24, 2.45) is 11.1 Å². The standard InChI is InChI=1S/C13H16N2OS2/c14-11(17)13(4-5-13)12(16)15(10-1-2-10)7-9-3-6-18-8-9/h3,6,8,10H,1-2,4-5,7H2,(H2,14,17). The van der Waals surface area contributed by atoms with Gasteiger partial charge in [0.2, 0.25) is 5.91 Å². The van der Waals surface area contributed by atoms with Crippen molar-refractivity contribution in [2.45, 2.75) is 38.3 Å². The lowest BCUT2D eigenvalue weighted by molar-refractivity contribution is -0.135. The zero-order valence-corrected chi connectivity index (χ0v) is 11.7. The quantitative estimate of drug-likeness (QED) is 0.842. The zero-order chi connectivity index (χ0) is 12.8. The molecule has 1 heterocycles. The molecule has 2 aliphatic rings. The number of carbonyl (C=O) groups excluding carboxylic acids is 1. The third-order valence-electron chi connectivity index (χ3n) is 3.81. The molecule has 0 unspecified atom stereocenters. The Balaban J connectivity index is 1.78. The van der Waals surface area contributed by atoms with Gasteiger partial charge in [-0.2, -0.15) is 11.3 Å². The van der Waals surface area contributed by atoms with Gasteiger partial charge < -0.3 is 10.6 Å². The third kappa shape index (κ3) is 2.06. The summed E-state index contributed by atoms with van der Waals surface area (Å²) in [7, 11) is 0. The fourth-order valence-corrected chi connectivity index (χ4v) is 3.25. The van der Waals surface area contributed by atoms with Crippen LogP contribution in [0.1, 0.15) is 31.2 Å². The number of carbonyl (C=O) groups is 1. The van der Waals surface area contributed by atoms with Crippen LogP contribution < -0.4 is 5.73 Å². The Morgan fingerprint density at radius 1 is 1.56 bits per heavy atom. The highest BCUT2D eigenvalue weighted by Gasteiger charge is 2.56. The maximum atomic E-state index is 12.6. The van der Waals surface area contributed by atoms with E-state index in [2.05, 4.69) is 11.4 Å². The Morgan fingerprint density at radius 2 is 2.28 bits per heavy atom. The van der Waals surface area contributed by atoms with Gasteiger partial charge in [0.1, 0.15) is 0 Å². The average Bonchev–Trinajstić information content (AvgIpc) is 3.24. The molecule has 2 N–H and O–H groups in total. The molecule has 3 rings (SSSR count).